The number of nitrogens with zero attached hydrogens (tertiary/aromatic N) is 1. The van der Waals surface area contributed by atoms with Gasteiger partial charge in [0.25, 0.3) is 0 Å². The maximum Gasteiger partial charge on any atom is 0.143 e. The highest BCUT2D eigenvalue weighted by Crippen LogP contribution is 2.64. The number of fused-ring (bicyclic) bond motifs is 16. The largest absolute Gasteiger partial charge is 0.455 e. The van der Waals surface area contributed by atoms with Gasteiger partial charge in [0.2, 0.25) is 0 Å². The molecule has 0 saturated heterocycles. The van der Waals surface area contributed by atoms with Crippen molar-refractivity contribution >= 4 is 43.7 Å². The molecule has 2 aromatic heterocycles. The Bertz CT molecular complexity index is 3470. The van der Waals surface area contributed by atoms with Gasteiger partial charge < -0.3 is 8.98 Å². The van der Waals surface area contributed by atoms with Gasteiger partial charge in [-0.25, -0.2) is 0 Å². The molecular weight excluding hydrogens is 691 g/mol. The van der Waals surface area contributed by atoms with Crippen molar-refractivity contribution < 1.29 is 4.42 Å². The van der Waals surface area contributed by atoms with E-state index in [-0.39, 0.29) is 0 Å². The van der Waals surface area contributed by atoms with Crippen molar-refractivity contribution in [1.82, 2.24) is 4.57 Å². The van der Waals surface area contributed by atoms with Crippen LogP contribution in [0.5, 0.6) is 0 Å². The SMILES string of the molecule is c1ccc(-n2c3ccccc3c3cc(-c4cccc5c4-c4ccccc4C54c5ccccc5-c5ccc(-c6cccc7c6oc6ccccc67)cc54)ccc32)cc1. The minimum absolute atomic E-state index is 0.487. The fourth-order valence-electron chi connectivity index (χ4n) is 10.6. The van der Waals surface area contributed by atoms with Crippen LogP contribution < -0.4 is 0 Å². The van der Waals surface area contributed by atoms with E-state index in [2.05, 4.69) is 199 Å². The van der Waals surface area contributed by atoms with Gasteiger partial charge in [-0.05, 0) is 104 Å². The van der Waals surface area contributed by atoms with Gasteiger partial charge in [0.15, 0.2) is 0 Å². The summed E-state index contributed by atoms with van der Waals surface area (Å²) in [5.41, 5.74) is 20.2. The summed E-state index contributed by atoms with van der Waals surface area (Å²) in [5.74, 6) is 0. The Balaban J connectivity index is 1.07. The third-order valence-electron chi connectivity index (χ3n) is 12.8. The Kier molecular flexibility index (Phi) is 6.13. The van der Waals surface area contributed by atoms with Gasteiger partial charge in [-0.2, -0.15) is 0 Å². The van der Waals surface area contributed by atoms with E-state index >= 15 is 0 Å². The minimum Gasteiger partial charge on any atom is -0.455 e. The first kappa shape index (κ1) is 30.9. The minimum atomic E-state index is -0.487. The van der Waals surface area contributed by atoms with Crippen molar-refractivity contribution in [3.05, 3.63) is 222 Å². The third-order valence-corrected chi connectivity index (χ3v) is 12.8. The quantitative estimate of drug-likeness (QED) is 0.177. The summed E-state index contributed by atoms with van der Waals surface area (Å²) in [7, 11) is 0. The molecule has 0 bridgehead atoms. The van der Waals surface area contributed by atoms with Gasteiger partial charge >= 0.3 is 0 Å². The molecule has 2 aliphatic carbocycles. The lowest BCUT2D eigenvalue weighted by molar-refractivity contribution is 0.670. The van der Waals surface area contributed by atoms with Gasteiger partial charge in [0.05, 0.1) is 16.4 Å². The summed E-state index contributed by atoms with van der Waals surface area (Å²) < 4.78 is 8.99. The molecule has 0 aliphatic heterocycles. The smallest absolute Gasteiger partial charge is 0.143 e. The highest BCUT2D eigenvalue weighted by molar-refractivity contribution is 6.12. The average molecular weight is 724 g/mol. The Morgan fingerprint density at radius 1 is 0.351 bits per heavy atom. The maximum atomic E-state index is 6.60. The maximum absolute atomic E-state index is 6.60. The molecule has 1 atom stereocenters. The molecule has 0 saturated carbocycles. The zero-order chi connectivity index (χ0) is 37.2. The molecule has 0 radical (unpaired) electrons. The topological polar surface area (TPSA) is 18.1 Å². The van der Waals surface area contributed by atoms with E-state index in [0.717, 1.165) is 33.1 Å². The number of hydrogen-bond donors (Lipinski definition) is 0. The number of rotatable bonds is 3. The molecule has 0 fully saturated rings. The highest BCUT2D eigenvalue weighted by atomic mass is 16.3. The monoisotopic (exact) mass is 723 g/mol. The van der Waals surface area contributed by atoms with E-state index in [1.807, 2.05) is 6.07 Å². The molecule has 264 valence electrons. The van der Waals surface area contributed by atoms with Crippen LogP contribution in [-0.4, -0.2) is 4.57 Å². The normalized spacial score (nSPS) is 15.1. The summed E-state index contributed by atoms with van der Waals surface area (Å²) in [6.45, 7) is 0. The van der Waals surface area contributed by atoms with Crippen LogP contribution in [0, 0.1) is 0 Å². The second kappa shape index (κ2) is 11.3. The predicted molar refractivity (Wildman–Crippen MR) is 235 cm³/mol. The molecule has 13 rings (SSSR count). The molecule has 1 spiro atoms. The zero-order valence-electron chi connectivity index (χ0n) is 30.9. The van der Waals surface area contributed by atoms with Crippen LogP contribution in [0.2, 0.25) is 0 Å². The standard InChI is InChI=1S/C55H33NO/c1-2-14-36(15-3-1)56-50-26-10-6-17-41(50)45-32-34(29-31-51(45)56)37-20-13-25-48-53(37)44-19-5-9-24-47(44)55(48)46-23-8-4-16-39(46)40-30-28-35(33-49(40)55)38-21-12-22-43-42-18-7-11-27-52(42)57-54(38)43/h1-33H. The second-order valence-corrected chi connectivity index (χ2v) is 15.5. The van der Waals surface area contributed by atoms with Crippen LogP contribution in [0.4, 0.5) is 0 Å². The Morgan fingerprint density at radius 3 is 1.84 bits per heavy atom. The molecule has 2 heteroatoms. The molecule has 0 N–H and O–H groups in total. The van der Waals surface area contributed by atoms with E-state index in [1.54, 1.807) is 0 Å². The van der Waals surface area contributed by atoms with Crippen LogP contribution in [-0.2, 0) is 5.41 Å². The van der Waals surface area contributed by atoms with E-state index < -0.39 is 5.41 Å². The molecule has 2 nitrogen and oxygen atoms in total. The highest BCUT2D eigenvalue weighted by Gasteiger charge is 2.52. The first-order chi connectivity index (χ1) is 28.3. The van der Waals surface area contributed by atoms with Crippen LogP contribution in [0.1, 0.15) is 22.3 Å². The second-order valence-electron chi connectivity index (χ2n) is 15.5. The lowest BCUT2D eigenvalue weighted by Crippen LogP contribution is -2.25. The van der Waals surface area contributed by atoms with Crippen LogP contribution in [0.15, 0.2) is 205 Å². The van der Waals surface area contributed by atoms with Crippen molar-refractivity contribution in [3.8, 4) is 50.2 Å². The Hall–Kier alpha value is -7.42. The van der Waals surface area contributed by atoms with Gasteiger partial charge in [0, 0.05) is 32.8 Å². The number of aromatic nitrogens is 1. The summed E-state index contributed by atoms with van der Waals surface area (Å²) in [5, 5.41) is 4.81. The zero-order valence-corrected chi connectivity index (χ0v) is 30.9. The molecule has 1 unspecified atom stereocenters. The van der Waals surface area contributed by atoms with E-state index in [0.29, 0.717) is 0 Å². The van der Waals surface area contributed by atoms with Gasteiger partial charge in [0.1, 0.15) is 11.2 Å². The molecule has 11 aromatic rings. The summed E-state index contributed by atoms with van der Waals surface area (Å²) >= 11 is 0. The van der Waals surface area contributed by atoms with Crippen molar-refractivity contribution in [3.63, 3.8) is 0 Å². The fourth-order valence-corrected chi connectivity index (χ4v) is 10.6. The molecule has 57 heavy (non-hydrogen) atoms. The summed E-state index contributed by atoms with van der Waals surface area (Å²) in [6.07, 6.45) is 0. The van der Waals surface area contributed by atoms with E-state index in [4.69, 9.17) is 4.42 Å². The molecular formula is C55H33NO. The van der Waals surface area contributed by atoms with E-state index in [9.17, 15) is 0 Å². The first-order valence-electron chi connectivity index (χ1n) is 19.8. The average Bonchev–Trinajstić information content (AvgIpc) is 4.00. The number of para-hydroxylation sites is 4. The number of furan rings is 1. The molecule has 9 aromatic carbocycles. The number of benzene rings is 9. The number of hydrogen-bond acceptors (Lipinski definition) is 1. The Labute approximate surface area is 329 Å². The Morgan fingerprint density at radius 2 is 0.947 bits per heavy atom. The van der Waals surface area contributed by atoms with Crippen LogP contribution >= 0.6 is 0 Å². The van der Waals surface area contributed by atoms with E-state index in [1.165, 1.54) is 83.1 Å². The summed E-state index contributed by atoms with van der Waals surface area (Å²) in [6, 6.07) is 73.7. The van der Waals surface area contributed by atoms with Crippen molar-refractivity contribution in [1.29, 1.82) is 0 Å². The van der Waals surface area contributed by atoms with Gasteiger partial charge in [-0.3, -0.25) is 0 Å². The predicted octanol–water partition coefficient (Wildman–Crippen LogP) is 14.4. The van der Waals surface area contributed by atoms with Crippen molar-refractivity contribution in [2.45, 2.75) is 5.41 Å². The lowest BCUT2D eigenvalue weighted by Gasteiger charge is -2.31. The van der Waals surface area contributed by atoms with Gasteiger partial charge in [-0.15, -0.1) is 0 Å². The third kappa shape index (κ3) is 3.99. The van der Waals surface area contributed by atoms with Crippen molar-refractivity contribution in [2.75, 3.05) is 0 Å². The first-order valence-corrected chi connectivity index (χ1v) is 19.8. The van der Waals surface area contributed by atoms with Gasteiger partial charge in [-0.1, -0.05) is 158 Å². The fraction of sp³-hybridized carbons (Fsp3) is 0.0182. The van der Waals surface area contributed by atoms with Crippen LogP contribution in [0.3, 0.4) is 0 Å². The molecule has 2 aliphatic rings. The van der Waals surface area contributed by atoms with Crippen LogP contribution in [0.25, 0.3) is 93.9 Å². The summed E-state index contributed by atoms with van der Waals surface area (Å²) in [4.78, 5) is 0. The molecule has 0 amide bonds. The lowest BCUT2D eigenvalue weighted by atomic mass is 9.70. The molecule has 2 heterocycles. The van der Waals surface area contributed by atoms with Crippen molar-refractivity contribution in [2.24, 2.45) is 0 Å².